The van der Waals surface area contributed by atoms with Crippen LogP contribution in [0.25, 0.3) is 0 Å². The van der Waals surface area contributed by atoms with E-state index in [0.29, 0.717) is 17.2 Å². The zero-order chi connectivity index (χ0) is 16.1. The van der Waals surface area contributed by atoms with E-state index in [2.05, 4.69) is 0 Å². The molecule has 124 valence electrons. The topological polar surface area (TPSA) is 73.9 Å². The summed E-state index contributed by atoms with van der Waals surface area (Å²) in [6.45, 7) is 0. The van der Waals surface area contributed by atoms with Crippen LogP contribution >= 0.6 is 0 Å². The summed E-state index contributed by atoms with van der Waals surface area (Å²) in [4.78, 5) is 0. The lowest BCUT2D eigenvalue weighted by atomic mass is 9.81. The van der Waals surface area contributed by atoms with E-state index < -0.39 is 12.1 Å². The Morgan fingerprint density at radius 2 is 1.50 bits per heavy atom. The highest BCUT2D eigenvalue weighted by atomic mass is 16.5. The SMILES string of the molecule is COc1cc(OC)c([C@@H](N)[C@@H](O)C2CCCCC2)cc1OC. The number of hydrogen-bond acceptors (Lipinski definition) is 5. The lowest BCUT2D eigenvalue weighted by Gasteiger charge is -2.31. The molecule has 2 rings (SSSR count). The minimum atomic E-state index is -0.577. The molecule has 1 fully saturated rings. The third-order valence-corrected chi connectivity index (χ3v) is 4.60. The normalized spacial score (nSPS) is 18.6. The molecule has 0 aliphatic heterocycles. The Bertz CT molecular complexity index is 486. The minimum Gasteiger partial charge on any atom is -0.496 e. The number of nitrogens with two attached hydrogens (primary N) is 1. The van der Waals surface area contributed by atoms with E-state index in [1.54, 1.807) is 33.5 Å². The largest absolute Gasteiger partial charge is 0.496 e. The van der Waals surface area contributed by atoms with Crippen LogP contribution in [-0.2, 0) is 0 Å². The molecule has 1 saturated carbocycles. The predicted molar refractivity (Wildman–Crippen MR) is 85.6 cm³/mol. The average Bonchev–Trinajstić information content (AvgIpc) is 2.59. The second-order valence-electron chi connectivity index (χ2n) is 5.86. The molecule has 1 aliphatic rings. The fourth-order valence-corrected chi connectivity index (χ4v) is 3.27. The van der Waals surface area contributed by atoms with Crippen LogP contribution in [0.2, 0.25) is 0 Å². The first-order valence-corrected chi connectivity index (χ1v) is 7.86. The molecule has 0 amide bonds. The van der Waals surface area contributed by atoms with Crippen LogP contribution in [0.1, 0.15) is 43.7 Å². The second-order valence-corrected chi connectivity index (χ2v) is 5.86. The van der Waals surface area contributed by atoms with Gasteiger partial charge < -0.3 is 25.1 Å². The maximum Gasteiger partial charge on any atom is 0.164 e. The van der Waals surface area contributed by atoms with Crippen molar-refractivity contribution in [2.75, 3.05) is 21.3 Å². The molecule has 3 N–H and O–H groups in total. The van der Waals surface area contributed by atoms with Gasteiger partial charge in [-0.25, -0.2) is 0 Å². The Labute approximate surface area is 132 Å². The quantitative estimate of drug-likeness (QED) is 0.845. The van der Waals surface area contributed by atoms with Crippen LogP contribution < -0.4 is 19.9 Å². The van der Waals surface area contributed by atoms with Crippen LogP contribution in [0.15, 0.2) is 12.1 Å². The average molecular weight is 309 g/mol. The number of aliphatic hydroxyl groups is 1. The zero-order valence-electron chi connectivity index (χ0n) is 13.7. The van der Waals surface area contributed by atoms with Crippen LogP contribution in [0.5, 0.6) is 17.2 Å². The molecule has 0 bridgehead atoms. The van der Waals surface area contributed by atoms with Gasteiger partial charge >= 0.3 is 0 Å². The molecule has 5 nitrogen and oxygen atoms in total. The van der Waals surface area contributed by atoms with Crippen LogP contribution in [0, 0.1) is 5.92 Å². The fraction of sp³-hybridized carbons (Fsp3) is 0.647. The first kappa shape index (κ1) is 16.9. The standard InChI is InChI=1S/C17H27NO4/c1-20-13-10-15(22-3)14(21-2)9-12(13)16(18)17(19)11-7-5-4-6-8-11/h9-11,16-17,19H,4-8,18H2,1-3H3/t16-,17+/m1/s1. The van der Waals surface area contributed by atoms with Crippen molar-refractivity contribution in [3.63, 3.8) is 0 Å². The zero-order valence-corrected chi connectivity index (χ0v) is 13.7. The van der Waals surface area contributed by atoms with Crippen molar-refractivity contribution >= 4 is 0 Å². The van der Waals surface area contributed by atoms with Crippen molar-refractivity contribution < 1.29 is 19.3 Å². The molecule has 0 unspecified atom stereocenters. The molecule has 0 spiro atoms. The van der Waals surface area contributed by atoms with E-state index in [9.17, 15) is 5.11 Å². The van der Waals surface area contributed by atoms with Crippen molar-refractivity contribution in [2.24, 2.45) is 11.7 Å². The van der Waals surface area contributed by atoms with Gasteiger partial charge in [0.25, 0.3) is 0 Å². The van der Waals surface area contributed by atoms with Gasteiger partial charge in [0.05, 0.1) is 33.5 Å². The summed E-state index contributed by atoms with van der Waals surface area (Å²) < 4.78 is 16.0. The third-order valence-electron chi connectivity index (χ3n) is 4.60. The highest BCUT2D eigenvalue weighted by Crippen LogP contribution is 2.40. The highest BCUT2D eigenvalue weighted by molar-refractivity contribution is 5.52. The second kappa shape index (κ2) is 7.70. The molecule has 1 aromatic carbocycles. The van der Waals surface area contributed by atoms with E-state index in [-0.39, 0.29) is 5.92 Å². The van der Waals surface area contributed by atoms with Crippen molar-refractivity contribution in [1.29, 1.82) is 0 Å². The Morgan fingerprint density at radius 1 is 0.955 bits per heavy atom. The van der Waals surface area contributed by atoms with Crippen LogP contribution in [0.3, 0.4) is 0 Å². The summed E-state index contributed by atoms with van der Waals surface area (Å²) >= 11 is 0. The van der Waals surface area contributed by atoms with Crippen molar-refractivity contribution in [3.05, 3.63) is 17.7 Å². The first-order valence-electron chi connectivity index (χ1n) is 7.86. The Morgan fingerprint density at radius 3 is 2.05 bits per heavy atom. The van der Waals surface area contributed by atoms with Gasteiger partial charge in [-0.3, -0.25) is 0 Å². The maximum atomic E-state index is 10.7. The fourth-order valence-electron chi connectivity index (χ4n) is 3.27. The first-order chi connectivity index (χ1) is 10.6. The van der Waals surface area contributed by atoms with Crippen molar-refractivity contribution in [2.45, 2.75) is 44.2 Å². The molecular formula is C17H27NO4. The van der Waals surface area contributed by atoms with Crippen molar-refractivity contribution in [1.82, 2.24) is 0 Å². The van der Waals surface area contributed by atoms with Gasteiger partial charge in [0.2, 0.25) is 0 Å². The van der Waals surface area contributed by atoms with E-state index in [0.717, 1.165) is 31.2 Å². The van der Waals surface area contributed by atoms with Crippen molar-refractivity contribution in [3.8, 4) is 17.2 Å². The number of aliphatic hydroxyl groups excluding tert-OH is 1. The Hall–Kier alpha value is -1.46. The summed E-state index contributed by atoms with van der Waals surface area (Å²) in [5.74, 6) is 2.04. The van der Waals surface area contributed by atoms with Crippen LogP contribution in [-0.4, -0.2) is 32.5 Å². The summed E-state index contributed by atoms with van der Waals surface area (Å²) in [6.07, 6.45) is 5.06. The number of methoxy groups -OCH3 is 3. The lowest BCUT2D eigenvalue weighted by Crippen LogP contribution is -2.34. The summed E-state index contributed by atoms with van der Waals surface area (Å²) in [7, 11) is 4.75. The Balaban J connectivity index is 2.28. The number of rotatable bonds is 6. The summed E-state index contributed by atoms with van der Waals surface area (Å²) in [5.41, 5.74) is 7.08. The van der Waals surface area contributed by atoms with Gasteiger partial charge in [-0.15, -0.1) is 0 Å². The Kier molecular flexibility index (Phi) is 5.91. The highest BCUT2D eigenvalue weighted by Gasteiger charge is 2.30. The maximum absolute atomic E-state index is 10.7. The molecule has 2 atom stereocenters. The summed E-state index contributed by atoms with van der Waals surface area (Å²) in [6, 6.07) is 3.05. The number of ether oxygens (including phenoxy) is 3. The molecular weight excluding hydrogens is 282 g/mol. The molecule has 0 radical (unpaired) electrons. The lowest BCUT2D eigenvalue weighted by molar-refractivity contribution is 0.0610. The predicted octanol–water partition coefficient (Wildman–Crippen LogP) is 2.65. The molecule has 5 heteroatoms. The third kappa shape index (κ3) is 3.47. The van der Waals surface area contributed by atoms with Gasteiger partial charge in [-0.2, -0.15) is 0 Å². The monoisotopic (exact) mass is 309 g/mol. The molecule has 1 aromatic rings. The van der Waals surface area contributed by atoms with Gasteiger partial charge in [-0.1, -0.05) is 19.3 Å². The minimum absolute atomic E-state index is 0.251. The van der Waals surface area contributed by atoms with E-state index in [1.165, 1.54) is 6.42 Å². The smallest absolute Gasteiger partial charge is 0.164 e. The molecule has 1 aliphatic carbocycles. The van der Waals surface area contributed by atoms with Gasteiger partial charge in [0.15, 0.2) is 11.5 Å². The summed E-state index contributed by atoms with van der Waals surface area (Å²) in [5, 5.41) is 10.7. The van der Waals surface area contributed by atoms with E-state index in [1.807, 2.05) is 0 Å². The van der Waals surface area contributed by atoms with Gasteiger partial charge in [0.1, 0.15) is 5.75 Å². The van der Waals surface area contributed by atoms with Gasteiger partial charge in [-0.05, 0) is 24.8 Å². The molecule has 0 saturated heterocycles. The van der Waals surface area contributed by atoms with Gasteiger partial charge in [0, 0.05) is 11.6 Å². The van der Waals surface area contributed by atoms with Crippen LogP contribution in [0.4, 0.5) is 0 Å². The molecule has 0 heterocycles. The number of benzene rings is 1. The molecule has 22 heavy (non-hydrogen) atoms. The number of hydrogen-bond donors (Lipinski definition) is 2. The molecule has 0 aromatic heterocycles. The van der Waals surface area contributed by atoms with E-state index in [4.69, 9.17) is 19.9 Å². The van der Waals surface area contributed by atoms with E-state index >= 15 is 0 Å².